The van der Waals surface area contributed by atoms with Gasteiger partial charge in [-0.3, -0.25) is 0 Å². The molecule has 0 atom stereocenters. The van der Waals surface area contributed by atoms with Gasteiger partial charge in [-0.15, -0.1) is 0 Å². The van der Waals surface area contributed by atoms with Crippen molar-refractivity contribution in [2.75, 3.05) is 0 Å². The van der Waals surface area contributed by atoms with Gasteiger partial charge in [-0.25, -0.2) is 4.79 Å². The van der Waals surface area contributed by atoms with Crippen molar-refractivity contribution in [1.82, 2.24) is 0 Å². The summed E-state index contributed by atoms with van der Waals surface area (Å²) >= 11 is 0. The van der Waals surface area contributed by atoms with Crippen LogP contribution < -0.4 is 0 Å². The third-order valence-corrected chi connectivity index (χ3v) is 5.54. The van der Waals surface area contributed by atoms with Gasteiger partial charge in [0.1, 0.15) is 5.60 Å². The Balaban J connectivity index is 1.83. The molecular formula is C24H30O2. The van der Waals surface area contributed by atoms with Crippen LogP contribution in [0.1, 0.15) is 79.8 Å². The SMILES string of the molecule is CCCCCc1ccccc1C(=O)OC1(c2ccccc2)CCCCC1. The van der Waals surface area contributed by atoms with Crippen LogP contribution in [-0.2, 0) is 16.8 Å². The van der Waals surface area contributed by atoms with E-state index in [-0.39, 0.29) is 5.97 Å². The van der Waals surface area contributed by atoms with Crippen LogP contribution in [0.3, 0.4) is 0 Å². The molecule has 3 rings (SSSR count). The number of carbonyl (C=O) groups is 1. The fourth-order valence-corrected chi connectivity index (χ4v) is 4.05. The number of hydrogen-bond donors (Lipinski definition) is 0. The van der Waals surface area contributed by atoms with Gasteiger partial charge >= 0.3 is 5.97 Å². The van der Waals surface area contributed by atoms with Crippen molar-refractivity contribution in [2.24, 2.45) is 0 Å². The van der Waals surface area contributed by atoms with Crippen molar-refractivity contribution in [2.45, 2.75) is 70.3 Å². The Morgan fingerprint density at radius 2 is 1.62 bits per heavy atom. The fourth-order valence-electron chi connectivity index (χ4n) is 4.05. The minimum Gasteiger partial charge on any atom is -0.451 e. The fraction of sp³-hybridized carbons (Fsp3) is 0.458. The molecule has 0 aromatic heterocycles. The molecule has 138 valence electrons. The highest BCUT2D eigenvalue weighted by molar-refractivity contribution is 5.91. The summed E-state index contributed by atoms with van der Waals surface area (Å²) in [4.78, 5) is 13.1. The van der Waals surface area contributed by atoms with E-state index in [1.807, 2.05) is 36.4 Å². The zero-order chi connectivity index (χ0) is 18.2. The largest absolute Gasteiger partial charge is 0.451 e. The summed E-state index contributed by atoms with van der Waals surface area (Å²) in [5.74, 6) is -0.164. The maximum absolute atomic E-state index is 13.1. The Kier molecular flexibility index (Phi) is 6.49. The molecule has 2 nitrogen and oxygen atoms in total. The van der Waals surface area contributed by atoms with Gasteiger partial charge in [0, 0.05) is 0 Å². The summed E-state index contributed by atoms with van der Waals surface area (Å²) < 4.78 is 6.26. The molecule has 0 saturated heterocycles. The van der Waals surface area contributed by atoms with Gasteiger partial charge in [-0.1, -0.05) is 74.7 Å². The summed E-state index contributed by atoms with van der Waals surface area (Å²) in [6, 6.07) is 18.3. The van der Waals surface area contributed by atoms with E-state index < -0.39 is 5.60 Å². The quantitative estimate of drug-likeness (QED) is 0.424. The number of benzene rings is 2. The predicted octanol–water partition coefficient (Wildman–Crippen LogP) is 6.44. The second-order valence-corrected chi connectivity index (χ2v) is 7.42. The second-order valence-electron chi connectivity index (χ2n) is 7.42. The van der Waals surface area contributed by atoms with Crippen LogP contribution in [0.25, 0.3) is 0 Å². The maximum atomic E-state index is 13.1. The first-order chi connectivity index (χ1) is 12.7. The lowest BCUT2D eigenvalue weighted by Gasteiger charge is -2.37. The number of hydrogen-bond acceptors (Lipinski definition) is 2. The predicted molar refractivity (Wildman–Crippen MR) is 106 cm³/mol. The van der Waals surface area contributed by atoms with E-state index in [0.717, 1.165) is 55.2 Å². The first-order valence-corrected chi connectivity index (χ1v) is 10.1. The first-order valence-electron chi connectivity index (χ1n) is 10.1. The molecule has 0 unspecified atom stereocenters. The highest BCUT2D eigenvalue weighted by Gasteiger charge is 2.38. The zero-order valence-electron chi connectivity index (χ0n) is 15.9. The third-order valence-electron chi connectivity index (χ3n) is 5.54. The number of ether oxygens (including phenoxy) is 1. The number of rotatable bonds is 7. The van der Waals surface area contributed by atoms with Crippen molar-refractivity contribution in [3.63, 3.8) is 0 Å². The summed E-state index contributed by atoms with van der Waals surface area (Å²) in [5.41, 5.74) is 2.53. The summed E-state index contributed by atoms with van der Waals surface area (Å²) in [6.45, 7) is 2.20. The first kappa shape index (κ1) is 18.7. The van der Waals surface area contributed by atoms with Crippen LogP contribution in [0.5, 0.6) is 0 Å². The van der Waals surface area contributed by atoms with E-state index in [9.17, 15) is 4.79 Å². The molecule has 26 heavy (non-hydrogen) atoms. The Morgan fingerprint density at radius 1 is 0.923 bits per heavy atom. The van der Waals surface area contributed by atoms with Crippen molar-refractivity contribution < 1.29 is 9.53 Å². The summed E-state index contributed by atoms with van der Waals surface area (Å²) in [5, 5.41) is 0. The van der Waals surface area contributed by atoms with Gasteiger partial charge in [0.2, 0.25) is 0 Å². The monoisotopic (exact) mass is 350 g/mol. The zero-order valence-corrected chi connectivity index (χ0v) is 15.9. The van der Waals surface area contributed by atoms with Crippen LogP contribution in [0.2, 0.25) is 0 Å². The molecule has 2 aromatic rings. The van der Waals surface area contributed by atoms with Gasteiger partial charge in [0.05, 0.1) is 5.56 Å². The lowest BCUT2D eigenvalue weighted by Crippen LogP contribution is -2.35. The molecule has 0 N–H and O–H groups in total. The molecule has 0 amide bonds. The molecule has 0 aliphatic heterocycles. The van der Waals surface area contributed by atoms with Gasteiger partial charge in [0.15, 0.2) is 0 Å². The number of aryl methyl sites for hydroxylation is 1. The highest BCUT2D eigenvalue weighted by atomic mass is 16.6. The Morgan fingerprint density at radius 3 is 2.35 bits per heavy atom. The maximum Gasteiger partial charge on any atom is 0.339 e. The van der Waals surface area contributed by atoms with Crippen molar-refractivity contribution in [3.8, 4) is 0 Å². The van der Waals surface area contributed by atoms with Crippen molar-refractivity contribution in [3.05, 3.63) is 71.3 Å². The minimum atomic E-state index is -0.465. The number of carbonyl (C=O) groups excluding carboxylic acids is 1. The molecular weight excluding hydrogens is 320 g/mol. The minimum absolute atomic E-state index is 0.164. The van der Waals surface area contributed by atoms with E-state index in [2.05, 4.69) is 25.1 Å². The molecule has 1 saturated carbocycles. The van der Waals surface area contributed by atoms with E-state index in [1.54, 1.807) is 0 Å². The average molecular weight is 351 g/mol. The van der Waals surface area contributed by atoms with Crippen LogP contribution in [0.15, 0.2) is 54.6 Å². The molecule has 1 fully saturated rings. The van der Waals surface area contributed by atoms with Gasteiger partial charge in [0.25, 0.3) is 0 Å². The number of unbranched alkanes of at least 4 members (excludes halogenated alkanes) is 2. The summed E-state index contributed by atoms with van der Waals surface area (Å²) in [6.07, 6.45) is 9.71. The van der Waals surface area contributed by atoms with Gasteiger partial charge in [-0.05, 0) is 55.7 Å². The normalized spacial score (nSPS) is 16.2. The third kappa shape index (κ3) is 4.35. The van der Waals surface area contributed by atoms with Crippen LogP contribution in [-0.4, -0.2) is 5.97 Å². The van der Waals surface area contributed by atoms with Crippen LogP contribution in [0, 0.1) is 0 Å². The van der Waals surface area contributed by atoms with Crippen molar-refractivity contribution >= 4 is 5.97 Å². The standard InChI is InChI=1S/C24H30O2/c1-2-3-6-13-20-14-9-10-17-22(20)23(25)26-24(18-11-5-12-19-24)21-15-7-4-8-16-21/h4,7-10,14-17H,2-3,5-6,11-13,18-19H2,1H3. The summed E-state index contributed by atoms with van der Waals surface area (Å²) in [7, 11) is 0. The lowest BCUT2D eigenvalue weighted by atomic mass is 9.79. The highest BCUT2D eigenvalue weighted by Crippen LogP contribution is 2.41. The number of esters is 1. The molecule has 2 aromatic carbocycles. The lowest BCUT2D eigenvalue weighted by molar-refractivity contribution is -0.0417. The van der Waals surface area contributed by atoms with E-state index in [1.165, 1.54) is 19.3 Å². The smallest absolute Gasteiger partial charge is 0.339 e. The molecule has 0 radical (unpaired) electrons. The van der Waals surface area contributed by atoms with E-state index in [4.69, 9.17) is 4.74 Å². The Hall–Kier alpha value is -2.09. The van der Waals surface area contributed by atoms with Crippen LogP contribution >= 0.6 is 0 Å². The molecule has 0 spiro atoms. The topological polar surface area (TPSA) is 26.3 Å². The Labute approximate surface area is 157 Å². The van der Waals surface area contributed by atoms with Crippen molar-refractivity contribution in [1.29, 1.82) is 0 Å². The van der Waals surface area contributed by atoms with Gasteiger partial charge in [-0.2, -0.15) is 0 Å². The van der Waals surface area contributed by atoms with Crippen LogP contribution in [0.4, 0.5) is 0 Å². The molecule has 1 aliphatic rings. The Bertz CT molecular complexity index is 699. The molecule has 2 heteroatoms. The van der Waals surface area contributed by atoms with Gasteiger partial charge < -0.3 is 4.74 Å². The second kappa shape index (κ2) is 9.02. The molecule has 1 aliphatic carbocycles. The molecule has 0 bridgehead atoms. The molecule has 0 heterocycles. The van der Waals surface area contributed by atoms with E-state index in [0.29, 0.717) is 0 Å². The van der Waals surface area contributed by atoms with E-state index >= 15 is 0 Å². The average Bonchev–Trinajstić information content (AvgIpc) is 2.70.